The van der Waals surface area contributed by atoms with Gasteiger partial charge in [0, 0.05) is 24.5 Å². The molecule has 1 saturated heterocycles. The highest BCUT2D eigenvalue weighted by Crippen LogP contribution is 2.21. The van der Waals surface area contributed by atoms with Gasteiger partial charge in [-0.25, -0.2) is 0 Å². The van der Waals surface area contributed by atoms with Gasteiger partial charge in [0.2, 0.25) is 5.91 Å². The lowest BCUT2D eigenvalue weighted by Gasteiger charge is -2.28. The van der Waals surface area contributed by atoms with Crippen molar-refractivity contribution < 1.29 is 14.3 Å². The van der Waals surface area contributed by atoms with Gasteiger partial charge in [-0.15, -0.1) is 0 Å². The molecular weight excluding hydrogens is 328 g/mol. The van der Waals surface area contributed by atoms with Crippen molar-refractivity contribution in [3.8, 4) is 5.75 Å². The van der Waals surface area contributed by atoms with Gasteiger partial charge in [0.15, 0.2) is 0 Å². The third-order valence-corrected chi connectivity index (χ3v) is 4.67. The molecule has 1 heterocycles. The molecule has 0 spiro atoms. The summed E-state index contributed by atoms with van der Waals surface area (Å²) in [5.74, 6) is 0.794. The van der Waals surface area contributed by atoms with Crippen LogP contribution in [-0.4, -0.2) is 38.8 Å². The topological polar surface area (TPSA) is 50.8 Å². The van der Waals surface area contributed by atoms with E-state index in [2.05, 4.69) is 23.2 Å². The average Bonchev–Trinajstić information content (AvgIpc) is 2.66. The number of carbonyl (C=O) groups is 1. The average molecular weight is 354 g/mol. The minimum Gasteiger partial charge on any atom is -0.493 e. The van der Waals surface area contributed by atoms with E-state index in [1.165, 1.54) is 5.56 Å². The van der Waals surface area contributed by atoms with Crippen LogP contribution in [0.3, 0.4) is 0 Å². The first kappa shape index (κ1) is 18.3. The minimum absolute atomic E-state index is 0.0468. The maximum atomic E-state index is 12.1. The van der Waals surface area contributed by atoms with Crippen LogP contribution in [0.1, 0.15) is 17.5 Å². The van der Waals surface area contributed by atoms with Crippen molar-refractivity contribution in [2.45, 2.75) is 20.3 Å². The number of ether oxygens (including phenoxy) is 2. The Labute approximate surface area is 154 Å². The molecule has 0 aromatic heterocycles. The van der Waals surface area contributed by atoms with Crippen LogP contribution in [0.15, 0.2) is 42.5 Å². The van der Waals surface area contributed by atoms with E-state index in [4.69, 9.17) is 9.47 Å². The zero-order valence-electron chi connectivity index (χ0n) is 15.5. The largest absolute Gasteiger partial charge is 0.493 e. The Morgan fingerprint density at radius 1 is 1.12 bits per heavy atom. The summed E-state index contributed by atoms with van der Waals surface area (Å²) in [5, 5.41) is 2.92. The van der Waals surface area contributed by atoms with E-state index in [-0.39, 0.29) is 5.91 Å². The lowest BCUT2D eigenvalue weighted by Crippen LogP contribution is -2.36. The van der Waals surface area contributed by atoms with E-state index in [1.54, 1.807) is 0 Å². The maximum absolute atomic E-state index is 12.1. The molecule has 0 radical (unpaired) electrons. The van der Waals surface area contributed by atoms with E-state index in [1.807, 2.05) is 43.3 Å². The summed E-state index contributed by atoms with van der Waals surface area (Å²) < 4.78 is 11.1. The monoisotopic (exact) mass is 354 g/mol. The highest BCUT2D eigenvalue weighted by atomic mass is 16.5. The standard InChI is InChI=1S/C21H26N2O3/c1-16-4-3-5-20(17(16)2)26-13-10-21(24)22-18-6-8-19(9-7-18)23-11-14-25-15-12-23/h3-9H,10-15H2,1-2H3,(H,22,24). The molecule has 3 rings (SSSR count). The van der Waals surface area contributed by atoms with Crippen LogP contribution in [0.5, 0.6) is 5.75 Å². The molecule has 0 aliphatic carbocycles. The van der Waals surface area contributed by atoms with Crippen LogP contribution in [0.2, 0.25) is 0 Å². The maximum Gasteiger partial charge on any atom is 0.227 e. The van der Waals surface area contributed by atoms with Crippen molar-refractivity contribution in [3.63, 3.8) is 0 Å². The number of amides is 1. The second-order valence-electron chi connectivity index (χ2n) is 6.49. The van der Waals surface area contributed by atoms with Crippen LogP contribution in [-0.2, 0) is 9.53 Å². The molecule has 0 bridgehead atoms. The van der Waals surface area contributed by atoms with Gasteiger partial charge >= 0.3 is 0 Å². The third-order valence-electron chi connectivity index (χ3n) is 4.67. The Morgan fingerprint density at radius 2 is 1.85 bits per heavy atom. The number of rotatable bonds is 6. The number of hydrogen-bond acceptors (Lipinski definition) is 4. The summed E-state index contributed by atoms with van der Waals surface area (Å²) >= 11 is 0. The van der Waals surface area contributed by atoms with Crippen molar-refractivity contribution in [2.75, 3.05) is 43.1 Å². The van der Waals surface area contributed by atoms with Crippen molar-refractivity contribution in [2.24, 2.45) is 0 Å². The molecule has 138 valence electrons. The lowest BCUT2D eigenvalue weighted by molar-refractivity contribution is -0.116. The van der Waals surface area contributed by atoms with Gasteiger partial charge in [0.25, 0.3) is 0 Å². The van der Waals surface area contributed by atoms with Gasteiger partial charge < -0.3 is 19.7 Å². The number of aryl methyl sites for hydroxylation is 1. The van der Waals surface area contributed by atoms with Crippen LogP contribution in [0.25, 0.3) is 0 Å². The predicted molar refractivity (Wildman–Crippen MR) is 104 cm³/mol. The number of hydrogen-bond donors (Lipinski definition) is 1. The molecule has 1 aliphatic heterocycles. The third kappa shape index (κ3) is 4.76. The van der Waals surface area contributed by atoms with E-state index < -0.39 is 0 Å². The second kappa shape index (κ2) is 8.72. The summed E-state index contributed by atoms with van der Waals surface area (Å²) in [7, 11) is 0. The predicted octanol–water partition coefficient (Wildman–Crippen LogP) is 3.55. The molecule has 26 heavy (non-hydrogen) atoms. The normalized spacial score (nSPS) is 14.2. The Hall–Kier alpha value is -2.53. The smallest absolute Gasteiger partial charge is 0.227 e. The molecule has 2 aromatic rings. The van der Waals surface area contributed by atoms with Crippen LogP contribution < -0.4 is 15.0 Å². The molecule has 0 saturated carbocycles. The molecule has 1 N–H and O–H groups in total. The summed E-state index contributed by atoms with van der Waals surface area (Å²) in [4.78, 5) is 14.4. The van der Waals surface area contributed by atoms with Gasteiger partial charge in [-0.3, -0.25) is 4.79 Å². The zero-order valence-corrected chi connectivity index (χ0v) is 15.5. The van der Waals surface area contributed by atoms with Crippen molar-refractivity contribution in [1.82, 2.24) is 0 Å². The Kier molecular flexibility index (Phi) is 6.12. The fourth-order valence-electron chi connectivity index (χ4n) is 2.93. The zero-order chi connectivity index (χ0) is 18.4. The number of nitrogens with zero attached hydrogens (tertiary/aromatic N) is 1. The molecule has 5 nitrogen and oxygen atoms in total. The van der Waals surface area contributed by atoms with Crippen LogP contribution >= 0.6 is 0 Å². The van der Waals surface area contributed by atoms with Gasteiger partial charge in [-0.05, 0) is 55.3 Å². The number of anilines is 2. The van der Waals surface area contributed by atoms with E-state index >= 15 is 0 Å². The highest BCUT2D eigenvalue weighted by Gasteiger charge is 2.11. The minimum atomic E-state index is -0.0468. The fraction of sp³-hybridized carbons (Fsp3) is 0.381. The molecule has 1 fully saturated rings. The molecule has 1 amide bonds. The SMILES string of the molecule is Cc1cccc(OCCC(=O)Nc2ccc(N3CCOCC3)cc2)c1C. The first-order valence-corrected chi connectivity index (χ1v) is 9.05. The quantitative estimate of drug-likeness (QED) is 0.862. The molecule has 1 aliphatic rings. The number of nitrogens with one attached hydrogen (secondary N) is 1. The molecular formula is C21H26N2O3. The summed E-state index contributed by atoms with van der Waals surface area (Å²) in [6, 6.07) is 13.9. The van der Waals surface area contributed by atoms with E-state index in [0.29, 0.717) is 13.0 Å². The Bertz CT molecular complexity index is 737. The van der Waals surface area contributed by atoms with Crippen molar-refractivity contribution in [1.29, 1.82) is 0 Å². The van der Waals surface area contributed by atoms with Crippen LogP contribution in [0.4, 0.5) is 11.4 Å². The Morgan fingerprint density at radius 3 is 2.58 bits per heavy atom. The van der Waals surface area contributed by atoms with Crippen molar-refractivity contribution >= 4 is 17.3 Å². The lowest BCUT2D eigenvalue weighted by atomic mass is 10.1. The first-order chi connectivity index (χ1) is 12.6. The highest BCUT2D eigenvalue weighted by molar-refractivity contribution is 5.90. The van der Waals surface area contributed by atoms with Gasteiger partial charge in [-0.1, -0.05) is 12.1 Å². The molecule has 5 heteroatoms. The molecule has 0 atom stereocenters. The number of benzene rings is 2. The number of carbonyl (C=O) groups excluding carboxylic acids is 1. The van der Waals surface area contributed by atoms with Gasteiger partial charge in [0.1, 0.15) is 5.75 Å². The summed E-state index contributed by atoms with van der Waals surface area (Å²) in [6.45, 7) is 7.78. The Balaban J connectivity index is 1.46. The van der Waals surface area contributed by atoms with Gasteiger partial charge in [0.05, 0.1) is 26.2 Å². The van der Waals surface area contributed by atoms with E-state index in [9.17, 15) is 4.79 Å². The van der Waals surface area contributed by atoms with Crippen molar-refractivity contribution in [3.05, 3.63) is 53.6 Å². The van der Waals surface area contributed by atoms with E-state index in [0.717, 1.165) is 49.0 Å². The number of morpholine rings is 1. The fourth-order valence-corrected chi connectivity index (χ4v) is 2.93. The van der Waals surface area contributed by atoms with Gasteiger partial charge in [-0.2, -0.15) is 0 Å². The molecule has 2 aromatic carbocycles. The van der Waals surface area contributed by atoms with Crippen LogP contribution in [0, 0.1) is 13.8 Å². The summed E-state index contributed by atoms with van der Waals surface area (Å²) in [6.07, 6.45) is 0.318. The summed E-state index contributed by atoms with van der Waals surface area (Å²) in [5.41, 5.74) is 4.27. The first-order valence-electron chi connectivity index (χ1n) is 9.05. The molecule has 0 unspecified atom stereocenters. The second-order valence-corrected chi connectivity index (χ2v) is 6.49.